The third kappa shape index (κ3) is 13.0. The van der Waals surface area contributed by atoms with E-state index in [9.17, 15) is 9.90 Å². The van der Waals surface area contributed by atoms with Crippen molar-refractivity contribution in [3.05, 3.63) is 54.1 Å². The normalized spacial score (nSPS) is 23.9. The Morgan fingerprint density at radius 2 is 1.75 bits per heavy atom. The zero-order valence-electron chi connectivity index (χ0n) is 30.2. The van der Waals surface area contributed by atoms with Crippen molar-refractivity contribution in [1.82, 2.24) is 15.7 Å². The molecule has 0 spiro atoms. The maximum absolute atomic E-state index is 13.4. The van der Waals surface area contributed by atoms with Crippen molar-refractivity contribution < 1.29 is 64.1 Å². The number of piperidine rings is 1. The van der Waals surface area contributed by atoms with Crippen LogP contribution in [0, 0.1) is 0 Å². The van der Waals surface area contributed by atoms with Crippen LogP contribution in [0.15, 0.2) is 48.5 Å². The Labute approximate surface area is 309 Å². The number of fused-ring (bicyclic) bond motifs is 1. The number of para-hydroxylation sites is 1. The molecular weight excluding hydrogens is 696 g/mol. The van der Waals surface area contributed by atoms with Crippen molar-refractivity contribution in [1.29, 1.82) is 0 Å². The molecule has 2 aromatic rings. The van der Waals surface area contributed by atoms with Crippen LogP contribution in [0.2, 0.25) is 0 Å². The van der Waals surface area contributed by atoms with E-state index < -0.39 is 41.8 Å². The summed E-state index contributed by atoms with van der Waals surface area (Å²) in [6, 6.07) is 15.7. The highest BCUT2D eigenvalue weighted by Crippen LogP contribution is 2.34. The molecular formula is C36H54N4O13. The number of carbonyl (C=O) groups is 1. The molecule has 1 aliphatic carbocycles. The zero-order valence-corrected chi connectivity index (χ0v) is 30.2. The van der Waals surface area contributed by atoms with Crippen LogP contribution in [0.3, 0.4) is 0 Å². The van der Waals surface area contributed by atoms with Gasteiger partial charge in [-0.25, -0.2) is 9.68 Å². The molecule has 296 valence electrons. The number of benzene rings is 2. The third-order valence-corrected chi connectivity index (χ3v) is 9.68. The summed E-state index contributed by atoms with van der Waals surface area (Å²) in [5, 5.41) is 46.2. The Balaban J connectivity index is 1.22. The Hall–Kier alpha value is -3.17. The summed E-state index contributed by atoms with van der Waals surface area (Å²) in [5.41, 5.74) is 1.90. The van der Waals surface area contributed by atoms with Crippen LogP contribution < -0.4 is 14.4 Å². The molecule has 2 aliphatic heterocycles. The van der Waals surface area contributed by atoms with Gasteiger partial charge in [-0.1, -0.05) is 24.3 Å². The number of methoxy groups -OCH3 is 1. The van der Waals surface area contributed by atoms with E-state index in [1.807, 2.05) is 42.5 Å². The fourth-order valence-electron chi connectivity index (χ4n) is 7.03. The molecule has 1 amide bonds. The molecule has 17 nitrogen and oxygen atoms in total. The largest absolute Gasteiger partial charge is 0.490 e. The molecule has 0 bridgehead atoms. The Morgan fingerprint density at radius 1 is 0.981 bits per heavy atom. The van der Waals surface area contributed by atoms with Gasteiger partial charge in [-0.3, -0.25) is 25.6 Å². The number of carbonyl (C=O) groups excluding carboxylic acids is 1. The number of rotatable bonds is 20. The van der Waals surface area contributed by atoms with Gasteiger partial charge in [-0.05, 0) is 74.8 Å². The maximum Gasteiger partial charge on any atom is 0.222 e. The first-order valence-corrected chi connectivity index (χ1v) is 18.3. The van der Waals surface area contributed by atoms with E-state index in [0.29, 0.717) is 13.2 Å². The molecule has 2 aromatic carbocycles. The van der Waals surface area contributed by atoms with Crippen molar-refractivity contribution in [2.75, 3.05) is 58.0 Å². The summed E-state index contributed by atoms with van der Waals surface area (Å²) >= 11 is 0. The molecule has 0 aromatic heterocycles. The van der Waals surface area contributed by atoms with Crippen LogP contribution in [0.25, 0.3) is 0 Å². The summed E-state index contributed by atoms with van der Waals surface area (Å²) in [6.45, 7) is 2.89. The summed E-state index contributed by atoms with van der Waals surface area (Å²) in [5.74, 6) is 1.40. The molecule has 2 heterocycles. The minimum atomic E-state index is -1.01. The monoisotopic (exact) mass is 750 g/mol. The average molecular weight is 751 g/mol. The van der Waals surface area contributed by atoms with Gasteiger partial charge >= 0.3 is 0 Å². The maximum atomic E-state index is 13.4. The number of aliphatic hydroxyl groups is 1. The summed E-state index contributed by atoms with van der Waals surface area (Å²) in [4.78, 5) is 26.6. The molecule has 53 heavy (non-hydrogen) atoms. The van der Waals surface area contributed by atoms with Gasteiger partial charge in [-0.15, -0.1) is 0 Å². The van der Waals surface area contributed by atoms with Crippen molar-refractivity contribution in [2.24, 2.45) is 0 Å². The highest BCUT2D eigenvalue weighted by atomic mass is 17.1. The number of β-amino-alcohol motifs (C(OH)–C–C–N with tert-alkyl or cyclic N) is 1. The summed E-state index contributed by atoms with van der Waals surface area (Å²) in [6.07, 6.45) is 1.07. The number of hydrogen-bond donors (Lipinski definition) is 5. The first-order valence-electron chi connectivity index (χ1n) is 18.3. The number of hydrogen-bond acceptors (Lipinski definition) is 16. The molecule has 17 heteroatoms. The molecule has 1 saturated heterocycles. The van der Waals surface area contributed by atoms with Gasteiger partial charge in [0.15, 0.2) is 0 Å². The van der Waals surface area contributed by atoms with Gasteiger partial charge < -0.3 is 38.6 Å². The van der Waals surface area contributed by atoms with Crippen LogP contribution in [-0.2, 0) is 35.3 Å². The minimum absolute atomic E-state index is 0.0405. The van der Waals surface area contributed by atoms with Crippen molar-refractivity contribution >= 4 is 11.6 Å². The van der Waals surface area contributed by atoms with E-state index in [2.05, 4.69) is 15.8 Å². The minimum Gasteiger partial charge on any atom is -0.490 e. The fourth-order valence-corrected chi connectivity index (χ4v) is 7.03. The predicted octanol–water partition coefficient (Wildman–Crippen LogP) is 3.35. The first kappa shape index (κ1) is 41.0. The van der Waals surface area contributed by atoms with Crippen LogP contribution in [0.5, 0.6) is 11.5 Å². The molecule has 4 atom stereocenters. The molecule has 0 radical (unpaired) electrons. The molecule has 4 unspecified atom stereocenters. The quantitative estimate of drug-likeness (QED) is 0.0976. The number of nitrogens with zero attached hydrogens (tertiary/aromatic N) is 4. The number of likely N-dealkylation sites (tertiary alicyclic amines) is 1. The van der Waals surface area contributed by atoms with E-state index in [-0.39, 0.29) is 57.1 Å². The average Bonchev–Trinajstić information content (AvgIpc) is 3.15. The predicted molar refractivity (Wildman–Crippen MR) is 185 cm³/mol. The lowest BCUT2D eigenvalue weighted by molar-refractivity contribution is -0.527. The second kappa shape index (κ2) is 21.1. The van der Waals surface area contributed by atoms with Gasteiger partial charge in [0.25, 0.3) is 0 Å². The Kier molecular flexibility index (Phi) is 16.3. The topological polar surface area (TPSA) is 196 Å². The number of aliphatic hydroxyl groups excluding tert-OH is 1. The third-order valence-electron chi connectivity index (χ3n) is 9.68. The van der Waals surface area contributed by atoms with Crippen LogP contribution in [0.1, 0.15) is 56.9 Å². The van der Waals surface area contributed by atoms with E-state index in [4.69, 9.17) is 49.4 Å². The van der Waals surface area contributed by atoms with Gasteiger partial charge in [0, 0.05) is 39.8 Å². The summed E-state index contributed by atoms with van der Waals surface area (Å²) in [7, 11) is 1.69. The second-order valence-corrected chi connectivity index (χ2v) is 13.6. The molecule has 2 fully saturated rings. The van der Waals surface area contributed by atoms with E-state index >= 15 is 0 Å². The van der Waals surface area contributed by atoms with Crippen LogP contribution in [0.4, 0.5) is 5.69 Å². The smallest absolute Gasteiger partial charge is 0.222 e. The van der Waals surface area contributed by atoms with E-state index in [0.717, 1.165) is 67.9 Å². The lowest BCUT2D eigenvalue weighted by atomic mass is 9.93. The first-order chi connectivity index (χ1) is 25.7. The lowest BCUT2D eigenvalue weighted by Crippen LogP contribution is -2.59. The highest BCUT2D eigenvalue weighted by molar-refractivity contribution is 5.76. The SMILES string of the molecule is COCCCN1CCOc2ccc(COC3CN(C(=O)CCCC(CON(O)O)ON(O)O)CC(O)C3OC3CCC(Oc4ccccc4)CC3)cc21. The standard InChI is InChI=1S/C36H54N4O13/c1-47-19-6-17-37-18-20-48-33-16-11-26(21-31(33)37)24-49-34-23-38(35(42)10-5-9-30(53-40(45)46)25-50-39(43)44)22-32(41)36(34)52-29-14-12-28(13-15-29)51-27-7-3-2-4-8-27/h2-4,7-8,11,16,21,28-30,32,34,36,41,43-46H,5-6,9-10,12-15,17-20,22-25H2,1H3. The molecule has 3 aliphatic rings. The van der Waals surface area contributed by atoms with Gasteiger partial charge in [0.1, 0.15) is 49.1 Å². The number of ether oxygens (including phenoxy) is 5. The molecule has 1 saturated carbocycles. The highest BCUT2D eigenvalue weighted by Gasteiger charge is 2.41. The molecule has 5 rings (SSSR count). The zero-order chi connectivity index (χ0) is 37.6. The van der Waals surface area contributed by atoms with Crippen LogP contribution in [-0.4, -0.2) is 137 Å². The van der Waals surface area contributed by atoms with E-state index in [1.54, 1.807) is 12.0 Å². The molecule has 5 N–H and O–H groups in total. The summed E-state index contributed by atoms with van der Waals surface area (Å²) < 4.78 is 30.4. The Bertz CT molecular complexity index is 1370. The Morgan fingerprint density at radius 3 is 2.49 bits per heavy atom. The lowest BCUT2D eigenvalue weighted by Gasteiger charge is -2.43. The van der Waals surface area contributed by atoms with Crippen molar-refractivity contribution in [2.45, 2.75) is 94.6 Å². The van der Waals surface area contributed by atoms with E-state index in [1.165, 1.54) is 0 Å². The van der Waals surface area contributed by atoms with Crippen LogP contribution >= 0.6 is 0 Å². The van der Waals surface area contributed by atoms with Gasteiger partial charge in [0.05, 0.1) is 41.8 Å². The van der Waals surface area contributed by atoms with Crippen molar-refractivity contribution in [3.8, 4) is 11.5 Å². The fraction of sp³-hybridized carbons (Fsp3) is 0.639. The van der Waals surface area contributed by atoms with Gasteiger partial charge in [-0.2, -0.15) is 0 Å². The van der Waals surface area contributed by atoms with Gasteiger partial charge in [0.2, 0.25) is 5.91 Å². The van der Waals surface area contributed by atoms with Crippen molar-refractivity contribution in [3.63, 3.8) is 0 Å². The number of anilines is 1. The number of amides is 1. The second-order valence-electron chi connectivity index (χ2n) is 13.6.